The molecule has 1 rings (SSSR count). The monoisotopic (exact) mass is 314 g/mol. The number of nitrogens with zero attached hydrogens (tertiary/aromatic N) is 2. The molecule has 0 saturated carbocycles. The molecule has 1 aromatic carbocycles. The van der Waals surface area contributed by atoms with Crippen molar-refractivity contribution >= 4 is 11.6 Å². The van der Waals surface area contributed by atoms with Crippen molar-refractivity contribution in [2.24, 2.45) is 4.99 Å². The van der Waals surface area contributed by atoms with Crippen LogP contribution in [0.25, 0.3) is 0 Å². The van der Waals surface area contributed by atoms with Gasteiger partial charge in [0.2, 0.25) is 0 Å². The van der Waals surface area contributed by atoms with Crippen molar-refractivity contribution in [2.45, 2.75) is 46.5 Å². The molecule has 0 spiro atoms. The summed E-state index contributed by atoms with van der Waals surface area (Å²) in [6.07, 6.45) is 4.81. The summed E-state index contributed by atoms with van der Waals surface area (Å²) in [4.78, 5) is 19.0. The number of amides is 1. The van der Waals surface area contributed by atoms with E-state index in [0.717, 1.165) is 23.3 Å². The predicted octanol–water partition coefficient (Wildman–Crippen LogP) is 4.27. The van der Waals surface area contributed by atoms with E-state index >= 15 is 0 Å². The fourth-order valence-electron chi connectivity index (χ4n) is 2.55. The molecule has 0 saturated heterocycles. The van der Waals surface area contributed by atoms with Gasteiger partial charge in [0.1, 0.15) is 0 Å². The van der Waals surface area contributed by atoms with Gasteiger partial charge in [-0.2, -0.15) is 0 Å². The minimum Gasteiger partial charge on any atom is -0.336 e. The molecule has 0 N–H and O–H groups in total. The summed E-state index contributed by atoms with van der Waals surface area (Å²) in [5.74, 6) is 0.0517. The van der Waals surface area contributed by atoms with E-state index in [1.807, 2.05) is 32.2 Å². The Morgan fingerprint density at radius 3 is 2.43 bits per heavy atom. The van der Waals surface area contributed by atoms with E-state index in [0.29, 0.717) is 6.54 Å². The predicted molar refractivity (Wildman–Crippen MR) is 99.7 cm³/mol. The summed E-state index contributed by atoms with van der Waals surface area (Å²) >= 11 is 0. The Kier molecular flexibility index (Phi) is 6.74. The summed E-state index contributed by atoms with van der Waals surface area (Å²) in [6, 6.07) is 6.26. The molecule has 0 heterocycles. The Morgan fingerprint density at radius 1 is 1.30 bits per heavy atom. The van der Waals surface area contributed by atoms with Crippen molar-refractivity contribution in [2.75, 3.05) is 20.6 Å². The molecule has 1 aromatic rings. The first-order chi connectivity index (χ1) is 10.7. The molecule has 23 heavy (non-hydrogen) atoms. The van der Waals surface area contributed by atoms with Crippen molar-refractivity contribution in [3.05, 3.63) is 47.0 Å². The van der Waals surface area contributed by atoms with Crippen molar-refractivity contribution < 1.29 is 4.79 Å². The number of benzene rings is 1. The van der Waals surface area contributed by atoms with E-state index in [1.54, 1.807) is 11.9 Å². The first-order valence-corrected chi connectivity index (χ1v) is 8.21. The maximum absolute atomic E-state index is 13.0. The summed E-state index contributed by atoms with van der Waals surface area (Å²) in [5.41, 5.74) is 3.91. The van der Waals surface area contributed by atoms with Crippen LogP contribution >= 0.6 is 0 Å². The lowest BCUT2D eigenvalue weighted by Gasteiger charge is -2.26. The van der Waals surface area contributed by atoms with E-state index in [4.69, 9.17) is 0 Å². The topological polar surface area (TPSA) is 32.7 Å². The average molecular weight is 314 g/mol. The first-order valence-electron chi connectivity index (χ1n) is 8.21. The number of allylic oxidation sites excluding steroid dienone is 1. The summed E-state index contributed by atoms with van der Waals surface area (Å²) in [7, 11) is 3.59. The van der Waals surface area contributed by atoms with Gasteiger partial charge in [0.05, 0.1) is 12.3 Å². The molecule has 0 atom stereocenters. The van der Waals surface area contributed by atoms with Gasteiger partial charge in [-0.25, -0.2) is 0 Å². The SMILES string of the molecule is C/C=C\C(CN(C)C(=O)c1cc(CC)ccc1C(C)(C)C)=NC. The van der Waals surface area contributed by atoms with Crippen LogP contribution in [-0.4, -0.2) is 37.2 Å². The number of hydrogen-bond donors (Lipinski definition) is 0. The van der Waals surface area contributed by atoms with Crippen molar-refractivity contribution in [3.63, 3.8) is 0 Å². The quantitative estimate of drug-likeness (QED) is 0.747. The smallest absolute Gasteiger partial charge is 0.254 e. The number of aryl methyl sites for hydroxylation is 1. The maximum atomic E-state index is 13.0. The fraction of sp³-hybridized carbons (Fsp3) is 0.500. The van der Waals surface area contributed by atoms with Crippen LogP contribution in [0.5, 0.6) is 0 Å². The molecule has 0 aliphatic carbocycles. The number of aliphatic imine (C=N–C) groups is 1. The highest BCUT2D eigenvalue weighted by molar-refractivity contribution is 6.02. The van der Waals surface area contributed by atoms with Crippen molar-refractivity contribution in [3.8, 4) is 0 Å². The lowest BCUT2D eigenvalue weighted by Crippen LogP contribution is -2.33. The van der Waals surface area contributed by atoms with E-state index < -0.39 is 0 Å². The number of hydrogen-bond acceptors (Lipinski definition) is 2. The van der Waals surface area contributed by atoms with Gasteiger partial charge in [-0.05, 0) is 42.0 Å². The normalized spacial score (nSPS) is 12.7. The van der Waals surface area contributed by atoms with Gasteiger partial charge >= 0.3 is 0 Å². The van der Waals surface area contributed by atoms with E-state index in [-0.39, 0.29) is 11.3 Å². The average Bonchev–Trinajstić information content (AvgIpc) is 2.51. The lowest BCUT2D eigenvalue weighted by molar-refractivity contribution is 0.0812. The lowest BCUT2D eigenvalue weighted by atomic mass is 9.82. The first kappa shape index (κ1) is 19.1. The van der Waals surface area contributed by atoms with E-state index in [1.165, 1.54) is 5.56 Å². The van der Waals surface area contributed by atoms with Gasteiger partial charge in [0.15, 0.2) is 0 Å². The van der Waals surface area contributed by atoms with Crippen molar-refractivity contribution in [1.82, 2.24) is 4.90 Å². The number of carbonyl (C=O) groups is 1. The van der Waals surface area contributed by atoms with Gasteiger partial charge < -0.3 is 4.90 Å². The van der Waals surface area contributed by atoms with Crippen molar-refractivity contribution in [1.29, 1.82) is 0 Å². The van der Waals surface area contributed by atoms with Crippen LogP contribution in [0.2, 0.25) is 0 Å². The van der Waals surface area contributed by atoms with Gasteiger partial charge in [0, 0.05) is 19.7 Å². The second kappa shape index (κ2) is 8.09. The Labute approximate surface area is 141 Å². The zero-order valence-corrected chi connectivity index (χ0v) is 15.6. The minimum absolute atomic E-state index is 0.0517. The molecule has 0 radical (unpaired) electrons. The molecule has 1 amide bonds. The molecular weight excluding hydrogens is 284 g/mol. The van der Waals surface area contributed by atoms with Crippen LogP contribution in [0.4, 0.5) is 0 Å². The number of carbonyl (C=O) groups excluding carboxylic acids is 1. The molecule has 0 fully saturated rings. The molecular formula is C20H30N2O. The summed E-state index contributed by atoms with van der Waals surface area (Å²) < 4.78 is 0. The minimum atomic E-state index is -0.0664. The zero-order chi connectivity index (χ0) is 17.6. The third kappa shape index (κ3) is 5.05. The molecule has 3 nitrogen and oxygen atoms in total. The standard InChI is InChI=1S/C20H30N2O/c1-8-10-16(21-6)14-22(7)19(23)17-13-15(9-2)11-12-18(17)20(3,4)5/h8,10-13H,9,14H2,1-7H3/b10-8-,21-16?. The Hall–Kier alpha value is -1.90. The Balaban J connectivity index is 3.20. The van der Waals surface area contributed by atoms with Crippen LogP contribution in [0.3, 0.4) is 0 Å². The third-order valence-electron chi connectivity index (χ3n) is 3.92. The van der Waals surface area contributed by atoms with Gasteiger partial charge in [-0.15, -0.1) is 0 Å². The zero-order valence-electron chi connectivity index (χ0n) is 15.6. The second-order valence-corrected chi connectivity index (χ2v) is 6.86. The van der Waals surface area contributed by atoms with Gasteiger partial charge in [-0.1, -0.05) is 45.9 Å². The molecule has 0 unspecified atom stereocenters. The Bertz CT molecular complexity index is 607. The fourth-order valence-corrected chi connectivity index (χ4v) is 2.55. The van der Waals surface area contributed by atoms with Crippen LogP contribution in [0.15, 0.2) is 35.3 Å². The van der Waals surface area contributed by atoms with Crippen LogP contribution < -0.4 is 0 Å². The van der Waals surface area contributed by atoms with Gasteiger partial charge in [-0.3, -0.25) is 9.79 Å². The Morgan fingerprint density at radius 2 is 1.96 bits per heavy atom. The molecule has 3 heteroatoms. The highest BCUT2D eigenvalue weighted by Crippen LogP contribution is 2.27. The van der Waals surface area contributed by atoms with E-state index in [2.05, 4.69) is 44.8 Å². The molecule has 0 aliphatic rings. The number of rotatable bonds is 5. The molecule has 0 aliphatic heterocycles. The van der Waals surface area contributed by atoms with Gasteiger partial charge in [0.25, 0.3) is 5.91 Å². The van der Waals surface area contributed by atoms with E-state index in [9.17, 15) is 4.79 Å². The highest BCUT2D eigenvalue weighted by atomic mass is 16.2. The molecule has 0 aromatic heterocycles. The molecule has 126 valence electrons. The molecule has 0 bridgehead atoms. The van der Waals surface area contributed by atoms with Crippen LogP contribution in [0.1, 0.15) is 56.1 Å². The third-order valence-corrected chi connectivity index (χ3v) is 3.92. The summed E-state index contributed by atoms with van der Waals surface area (Å²) in [6.45, 7) is 11.0. The van der Waals surface area contributed by atoms with Crippen LogP contribution in [-0.2, 0) is 11.8 Å². The summed E-state index contributed by atoms with van der Waals surface area (Å²) in [5, 5.41) is 0. The highest BCUT2D eigenvalue weighted by Gasteiger charge is 2.24. The second-order valence-electron chi connectivity index (χ2n) is 6.86. The maximum Gasteiger partial charge on any atom is 0.254 e. The largest absolute Gasteiger partial charge is 0.336 e. The van der Waals surface area contributed by atoms with Crippen LogP contribution in [0, 0.1) is 0 Å².